The molecule has 0 aromatic heterocycles. The van der Waals surface area contributed by atoms with Crippen LogP contribution in [0.2, 0.25) is 0 Å². The minimum absolute atomic E-state index is 0.375. The summed E-state index contributed by atoms with van der Waals surface area (Å²) >= 11 is 0. The van der Waals surface area contributed by atoms with Gasteiger partial charge in [-0.05, 0) is 38.1 Å². The maximum absolute atomic E-state index is 11.9. The highest BCUT2D eigenvalue weighted by Gasteiger charge is 2.15. The Hall–Kier alpha value is -2.82. The average Bonchev–Trinajstić information content (AvgIpc) is 2.53. The molecule has 2 N–H and O–H groups in total. The van der Waals surface area contributed by atoms with Gasteiger partial charge in [-0.2, -0.15) is 0 Å². The first-order valence-corrected chi connectivity index (χ1v) is 6.95. The number of nitrogens with one attached hydrogen (secondary N) is 2. The van der Waals surface area contributed by atoms with E-state index in [0.717, 1.165) is 5.56 Å². The number of hydrogen-bond donors (Lipinski definition) is 2. The van der Waals surface area contributed by atoms with Crippen LogP contribution in [0, 0.1) is 6.92 Å². The Balaban J connectivity index is 1.84. The molecule has 0 aliphatic heterocycles. The number of aryl methyl sites for hydroxylation is 1. The van der Waals surface area contributed by atoms with Gasteiger partial charge in [-0.3, -0.25) is 20.4 Å². The van der Waals surface area contributed by atoms with Crippen molar-refractivity contribution in [2.75, 3.05) is 0 Å². The van der Waals surface area contributed by atoms with E-state index < -0.39 is 12.0 Å². The third-order valence-electron chi connectivity index (χ3n) is 3.04. The van der Waals surface area contributed by atoms with Crippen molar-refractivity contribution in [1.29, 1.82) is 0 Å². The molecule has 0 fully saturated rings. The van der Waals surface area contributed by atoms with Crippen molar-refractivity contribution in [3.8, 4) is 5.75 Å². The van der Waals surface area contributed by atoms with E-state index in [9.17, 15) is 9.59 Å². The maximum Gasteiger partial charge on any atom is 0.279 e. The van der Waals surface area contributed by atoms with E-state index in [-0.39, 0.29) is 5.91 Å². The van der Waals surface area contributed by atoms with Crippen molar-refractivity contribution in [2.24, 2.45) is 0 Å². The average molecular weight is 298 g/mol. The summed E-state index contributed by atoms with van der Waals surface area (Å²) in [6.07, 6.45) is -0.722. The van der Waals surface area contributed by atoms with Crippen LogP contribution >= 0.6 is 0 Å². The quantitative estimate of drug-likeness (QED) is 0.851. The van der Waals surface area contributed by atoms with E-state index in [1.54, 1.807) is 31.2 Å². The highest BCUT2D eigenvalue weighted by atomic mass is 16.5. The Kier molecular flexibility index (Phi) is 5.14. The van der Waals surface area contributed by atoms with Crippen LogP contribution in [-0.4, -0.2) is 17.9 Å². The van der Waals surface area contributed by atoms with Crippen LogP contribution in [0.3, 0.4) is 0 Å². The molecule has 0 radical (unpaired) electrons. The van der Waals surface area contributed by atoms with Crippen LogP contribution in [0.25, 0.3) is 0 Å². The number of hydrogen-bond acceptors (Lipinski definition) is 3. The molecule has 1 unspecified atom stereocenters. The molecule has 0 aliphatic carbocycles. The van der Waals surface area contributed by atoms with Crippen LogP contribution in [0.1, 0.15) is 22.8 Å². The molecule has 0 aliphatic rings. The topological polar surface area (TPSA) is 67.4 Å². The molecular weight excluding hydrogens is 280 g/mol. The first-order chi connectivity index (χ1) is 10.6. The molecule has 114 valence electrons. The SMILES string of the molecule is Cc1ccc(C(=O)NNC(=O)C(C)Oc2ccccc2)cc1. The smallest absolute Gasteiger partial charge is 0.279 e. The fraction of sp³-hybridized carbons (Fsp3) is 0.176. The Morgan fingerprint density at radius 1 is 0.955 bits per heavy atom. The number of benzene rings is 2. The van der Waals surface area contributed by atoms with Crippen molar-refractivity contribution in [2.45, 2.75) is 20.0 Å². The van der Waals surface area contributed by atoms with Gasteiger partial charge in [-0.1, -0.05) is 35.9 Å². The van der Waals surface area contributed by atoms with Crippen LogP contribution in [0.5, 0.6) is 5.75 Å². The summed E-state index contributed by atoms with van der Waals surface area (Å²) in [4.78, 5) is 23.8. The van der Waals surface area contributed by atoms with Crippen molar-refractivity contribution >= 4 is 11.8 Å². The second-order valence-corrected chi connectivity index (χ2v) is 4.88. The zero-order valence-corrected chi connectivity index (χ0v) is 12.5. The van der Waals surface area contributed by atoms with E-state index in [1.807, 2.05) is 37.3 Å². The summed E-state index contributed by atoms with van der Waals surface area (Å²) in [7, 11) is 0. The predicted octanol–water partition coefficient (Wildman–Crippen LogP) is 2.22. The molecule has 0 saturated carbocycles. The van der Waals surface area contributed by atoms with E-state index in [2.05, 4.69) is 10.9 Å². The zero-order valence-electron chi connectivity index (χ0n) is 12.5. The molecule has 0 saturated heterocycles. The van der Waals surface area contributed by atoms with Gasteiger partial charge in [-0.15, -0.1) is 0 Å². The van der Waals surface area contributed by atoms with Crippen LogP contribution in [0.4, 0.5) is 0 Å². The lowest BCUT2D eigenvalue weighted by molar-refractivity contribution is -0.128. The number of rotatable bonds is 4. The van der Waals surface area contributed by atoms with E-state index in [4.69, 9.17) is 4.74 Å². The molecule has 2 amide bonds. The molecule has 5 nitrogen and oxygen atoms in total. The van der Waals surface area contributed by atoms with E-state index in [0.29, 0.717) is 11.3 Å². The van der Waals surface area contributed by atoms with Gasteiger partial charge >= 0.3 is 0 Å². The van der Waals surface area contributed by atoms with Gasteiger partial charge in [0.2, 0.25) is 0 Å². The Morgan fingerprint density at radius 3 is 2.23 bits per heavy atom. The van der Waals surface area contributed by atoms with Crippen LogP contribution in [-0.2, 0) is 4.79 Å². The lowest BCUT2D eigenvalue weighted by atomic mass is 10.1. The standard InChI is InChI=1S/C17H18N2O3/c1-12-8-10-14(11-9-12)17(21)19-18-16(20)13(2)22-15-6-4-3-5-7-15/h3-11,13H,1-2H3,(H,18,20)(H,19,21). The zero-order chi connectivity index (χ0) is 15.9. The van der Waals surface area contributed by atoms with Crippen molar-refractivity contribution in [3.05, 3.63) is 65.7 Å². The molecular formula is C17H18N2O3. The molecule has 5 heteroatoms. The summed E-state index contributed by atoms with van der Waals surface area (Å²) in [6.45, 7) is 3.55. The molecule has 2 rings (SSSR count). The van der Waals surface area contributed by atoms with Gasteiger partial charge in [0, 0.05) is 5.56 Å². The fourth-order valence-electron chi connectivity index (χ4n) is 1.75. The van der Waals surface area contributed by atoms with Crippen LogP contribution < -0.4 is 15.6 Å². The van der Waals surface area contributed by atoms with Gasteiger partial charge in [0.25, 0.3) is 11.8 Å². The lowest BCUT2D eigenvalue weighted by Crippen LogP contribution is -2.47. The minimum Gasteiger partial charge on any atom is -0.481 e. The maximum atomic E-state index is 11.9. The largest absolute Gasteiger partial charge is 0.481 e. The van der Waals surface area contributed by atoms with Gasteiger partial charge in [0.15, 0.2) is 6.10 Å². The number of carbonyl (C=O) groups is 2. The Bertz CT molecular complexity index is 639. The number of hydrazine groups is 1. The molecule has 2 aromatic carbocycles. The molecule has 22 heavy (non-hydrogen) atoms. The number of amides is 2. The number of carbonyl (C=O) groups excluding carboxylic acids is 2. The second-order valence-electron chi connectivity index (χ2n) is 4.88. The number of ether oxygens (including phenoxy) is 1. The molecule has 2 aromatic rings. The first kappa shape index (κ1) is 15.6. The molecule has 1 atom stereocenters. The second kappa shape index (κ2) is 7.26. The molecule has 0 heterocycles. The van der Waals surface area contributed by atoms with Gasteiger partial charge < -0.3 is 4.74 Å². The van der Waals surface area contributed by atoms with Crippen molar-refractivity contribution in [3.63, 3.8) is 0 Å². The van der Waals surface area contributed by atoms with Gasteiger partial charge in [0.05, 0.1) is 0 Å². The van der Waals surface area contributed by atoms with E-state index >= 15 is 0 Å². The lowest BCUT2D eigenvalue weighted by Gasteiger charge is -2.15. The van der Waals surface area contributed by atoms with Crippen molar-refractivity contribution < 1.29 is 14.3 Å². The molecule has 0 spiro atoms. The highest BCUT2D eigenvalue weighted by molar-refractivity contribution is 5.95. The third kappa shape index (κ3) is 4.34. The van der Waals surface area contributed by atoms with E-state index in [1.165, 1.54) is 0 Å². The summed E-state index contributed by atoms with van der Waals surface area (Å²) in [5, 5.41) is 0. The first-order valence-electron chi connectivity index (χ1n) is 6.95. The monoisotopic (exact) mass is 298 g/mol. The number of para-hydroxylation sites is 1. The third-order valence-corrected chi connectivity index (χ3v) is 3.04. The van der Waals surface area contributed by atoms with Gasteiger partial charge in [-0.25, -0.2) is 0 Å². The summed E-state index contributed by atoms with van der Waals surface area (Å²) in [5.41, 5.74) is 6.25. The fourth-order valence-corrected chi connectivity index (χ4v) is 1.75. The van der Waals surface area contributed by atoms with Crippen LogP contribution in [0.15, 0.2) is 54.6 Å². The summed E-state index contributed by atoms with van der Waals surface area (Å²) < 4.78 is 5.47. The predicted molar refractivity (Wildman–Crippen MR) is 83.3 cm³/mol. The summed E-state index contributed by atoms with van der Waals surface area (Å²) in [6, 6.07) is 16.1. The van der Waals surface area contributed by atoms with Crippen molar-refractivity contribution in [1.82, 2.24) is 10.9 Å². The summed E-state index contributed by atoms with van der Waals surface area (Å²) in [5.74, 6) is -0.209. The Morgan fingerprint density at radius 2 is 1.59 bits per heavy atom. The normalized spacial score (nSPS) is 11.4. The van der Waals surface area contributed by atoms with Gasteiger partial charge in [0.1, 0.15) is 5.75 Å². The molecule has 0 bridgehead atoms. The highest BCUT2D eigenvalue weighted by Crippen LogP contribution is 2.10. The minimum atomic E-state index is -0.722. The Labute approximate surface area is 129 Å².